The third-order valence-electron chi connectivity index (χ3n) is 3.71. The average Bonchev–Trinajstić information content (AvgIpc) is 2.68. The molecule has 28 heavy (non-hydrogen) atoms. The van der Waals surface area contributed by atoms with Gasteiger partial charge >= 0.3 is 6.18 Å². The van der Waals surface area contributed by atoms with Crippen LogP contribution in [0.25, 0.3) is 0 Å². The molecule has 1 aromatic heterocycles. The quantitative estimate of drug-likeness (QED) is 0.645. The number of anilines is 4. The molecule has 0 spiro atoms. The summed E-state index contributed by atoms with van der Waals surface area (Å²) in [5.74, 6) is 1.27. The molecule has 2 N–H and O–H groups in total. The van der Waals surface area contributed by atoms with Gasteiger partial charge in [0.1, 0.15) is 11.5 Å². The molecule has 0 unspecified atom stereocenters. The Balaban J connectivity index is 1.87. The maximum atomic E-state index is 13.1. The lowest BCUT2D eigenvalue weighted by molar-refractivity contribution is -0.136. The molecule has 0 fully saturated rings. The van der Waals surface area contributed by atoms with E-state index in [1.54, 1.807) is 18.2 Å². The Morgan fingerprint density at radius 2 is 1.71 bits per heavy atom. The maximum Gasteiger partial charge on any atom is 0.418 e. The minimum Gasteiger partial charge on any atom is -0.497 e. The van der Waals surface area contributed by atoms with E-state index in [9.17, 15) is 13.2 Å². The number of methoxy groups -OCH3 is 2. The molecule has 0 radical (unpaired) electrons. The first-order valence-electron chi connectivity index (χ1n) is 8.02. The van der Waals surface area contributed by atoms with Gasteiger partial charge in [0.2, 0.25) is 5.95 Å². The number of nitrogens with one attached hydrogen (secondary N) is 2. The summed E-state index contributed by atoms with van der Waals surface area (Å²) in [7, 11) is 3.03. The smallest absolute Gasteiger partial charge is 0.418 e. The van der Waals surface area contributed by atoms with E-state index in [1.165, 1.54) is 38.6 Å². The van der Waals surface area contributed by atoms with Crippen LogP contribution in [-0.2, 0) is 6.18 Å². The molecule has 7 nitrogen and oxygen atoms in total. The van der Waals surface area contributed by atoms with E-state index in [0.717, 1.165) is 6.07 Å². The molecule has 2 aromatic carbocycles. The lowest BCUT2D eigenvalue weighted by Crippen LogP contribution is -2.10. The Kier molecular flexibility index (Phi) is 5.48. The molecule has 0 saturated heterocycles. The second-order valence-electron chi connectivity index (χ2n) is 5.52. The van der Waals surface area contributed by atoms with Gasteiger partial charge in [-0.05, 0) is 24.3 Å². The highest BCUT2D eigenvalue weighted by Gasteiger charge is 2.33. The van der Waals surface area contributed by atoms with Crippen molar-refractivity contribution in [3.05, 3.63) is 54.2 Å². The molecule has 1 heterocycles. The molecular weight excluding hydrogens is 375 g/mol. The van der Waals surface area contributed by atoms with Crippen LogP contribution in [0.2, 0.25) is 0 Å². The van der Waals surface area contributed by atoms with Crippen LogP contribution in [0.4, 0.5) is 36.3 Å². The summed E-state index contributed by atoms with van der Waals surface area (Å²) in [4.78, 5) is 4.16. The molecular formula is C18H16F3N5O2. The predicted molar refractivity (Wildman–Crippen MR) is 97.4 cm³/mol. The van der Waals surface area contributed by atoms with E-state index in [-0.39, 0.29) is 17.5 Å². The standard InChI is InChI=1S/C18H16F3N5O2/c1-27-11-7-8-15(28-2)14(9-11)23-16-10-22-26-17(25-16)24-13-6-4-3-5-12(13)18(19,20)21/h3-10H,1-2H3,(H2,23,24,25,26). The van der Waals surface area contributed by atoms with Gasteiger partial charge in [0.15, 0.2) is 5.82 Å². The number of ether oxygens (including phenoxy) is 2. The van der Waals surface area contributed by atoms with Gasteiger partial charge in [-0.1, -0.05) is 12.1 Å². The van der Waals surface area contributed by atoms with Gasteiger partial charge in [0, 0.05) is 6.07 Å². The van der Waals surface area contributed by atoms with Crippen molar-refractivity contribution < 1.29 is 22.6 Å². The molecule has 0 amide bonds. The zero-order valence-corrected chi connectivity index (χ0v) is 14.9. The zero-order chi connectivity index (χ0) is 20.1. The largest absolute Gasteiger partial charge is 0.497 e. The monoisotopic (exact) mass is 391 g/mol. The number of benzene rings is 2. The van der Waals surface area contributed by atoms with Crippen LogP contribution < -0.4 is 20.1 Å². The van der Waals surface area contributed by atoms with Crippen molar-refractivity contribution in [1.29, 1.82) is 0 Å². The van der Waals surface area contributed by atoms with Gasteiger partial charge in [-0.25, -0.2) is 0 Å². The highest BCUT2D eigenvalue weighted by Crippen LogP contribution is 2.35. The minimum atomic E-state index is -4.51. The molecule has 0 aliphatic carbocycles. The van der Waals surface area contributed by atoms with E-state index < -0.39 is 11.7 Å². The number of hydrogen-bond acceptors (Lipinski definition) is 7. The Bertz CT molecular complexity index is 966. The van der Waals surface area contributed by atoms with Gasteiger partial charge in [0.05, 0.1) is 37.4 Å². The van der Waals surface area contributed by atoms with Crippen LogP contribution in [0, 0.1) is 0 Å². The second-order valence-corrected chi connectivity index (χ2v) is 5.52. The van der Waals surface area contributed by atoms with Gasteiger partial charge in [-0.3, -0.25) is 0 Å². The summed E-state index contributed by atoms with van der Waals surface area (Å²) in [5, 5.41) is 13.1. The third-order valence-corrected chi connectivity index (χ3v) is 3.71. The first-order chi connectivity index (χ1) is 13.4. The summed E-state index contributed by atoms with van der Waals surface area (Å²) in [6.45, 7) is 0. The first-order valence-corrected chi connectivity index (χ1v) is 8.02. The lowest BCUT2D eigenvalue weighted by Gasteiger charge is -2.14. The van der Waals surface area contributed by atoms with Gasteiger partial charge in [0.25, 0.3) is 0 Å². The fourth-order valence-corrected chi connectivity index (χ4v) is 2.43. The summed E-state index contributed by atoms with van der Waals surface area (Å²) >= 11 is 0. The number of nitrogens with zero attached hydrogens (tertiary/aromatic N) is 3. The summed E-state index contributed by atoms with van der Waals surface area (Å²) in [5.41, 5.74) is -0.455. The van der Waals surface area contributed by atoms with Gasteiger partial charge < -0.3 is 20.1 Å². The molecule has 10 heteroatoms. The van der Waals surface area contributed by atoms with Crippen LogP contribution in [0.5, 0.6) is 11.5 Å². The normalized spacial score (nSPS) is 11.0. The summed E-state index contributed by atoms with van der Waals surface area (Å²) in [6.07, 6.45) is -3.18. The van der Waals surface area contributed by atoms with Crippen molar-refractivity contribution in [2.45, 2.75) is 6.18 Å². The van der Waals surface area contributed by atoms with Crippen molar-refractivity contribution in [2.75, 3.05) is 24.9 Å². The van der Waals surface area contributed by atoms with Crippen molar-refractivity contribution in [2.24, 2.45) is 0 Å². The topological polar surface area (TPSA) is 81.2 Å². The van der Waals surface area contributed by atoms with Crippen LogP contribution >= 0.6 is 0 Å². The third kappa shape index (κ3) is 4.40. The van der Waals surface area contributed by atoms with E-state index in [4.69, 9.17) is 9.47 Å². The predicted octanol–water partition coefficient (Wildman–Crippen LogP) is 4.39. The molecule has 0 bridgehead atoms. The van der Waals surface area contributed by atoms with Crippen LogP contribution in [0.3, 0.4) is 0 Å². The number of halogens is 3. The Labute approximate surface area is 158 Å². The van der Waals surface area contributed by atoms with Crippen molar-refractivity contribution >= 4 is 23.1 Å². The highest BCUT2D eigenvalue weighted by molar-refractivity contribution is 5.67. The zero-order valence-electron chi connectivity index (χ0n) is 14.9. The van der Waals surface area contributed by atoms with E-state index >= 15 is 0 Å². The van der Waals surface area contributed by atoms with E-state index in [1.807, 2.05) is 0 Å². The summed E-state index contributed by atoms with van der Waals surface area (Å²) < 4.78 is 49.9. The van der Waals surface area contributed by atoms with E-state index in [0.29, 0.717) is 17.2 Å². The Morgan fingerprint density at radius 1 is 0.929 bits per heavy atom. The molecule has 0 aliphatic rings. The molecule has 0 atom stereocenters. The Morgan fingerprint density at radius 3 is 2.43 bits per heavy atom. The molecule has 0 aliphatic heterocycles. The van der Waals surface area contributed by atoms with Gasteiger partial charge in [-0.15, -0.1) is 5.10 Å². The number of aromatic nitrogens is 3. The lowest BCUT2D eigenvalue weighted by atomic mass is 10.1. The second kappa shape index (κ2) is 7.99. The number of rotatable bonds is 6. The average molecular weight is 391 g/mol. The fraction of sp³-hybridized carbons (Fsp3) is 0.167. The number of hydrogen-bond donors (Lipinski definition) is 2. The minimum absolute atomic E-state index is 0.0939. The van der Waals surface area contributed by atoms with Crippen LogP contribution in [-0.4, -0.2) is 29.4 Å². The molecule has 3 aromatic rings. The number of alkyl halides is 3. The summed E-state index contributed by atoms with van der Waals surface area (Å²) in [6, 6.07) is 10.2. The van der Waals surface area contributed by atoms with Crippen molar-refractivity contribution in [1.82, 2.24) is 15.2 Å². The SMILES string of the molecule is COc1ccc(OC)c(Nc2cnnc(Nc3ccccc3C(F)(F)F)n2)c1. The number of para-hydroxylation sites is 1. The molecule has 146 valence electrons. The molecule has 3 rings (SSSR count). The van der Waals surface area contributed by atoms with Crippen molar-refractivity contribution in [3.8, 4) is 11.5 Å². The van der Waals surface area contributed by atoms with Crippen LogP contribution in [0.15, 0.2) is 48.7 Å². The van der Waals surface area contributed by atoms with Crippen molar-refractivity contribution in [3.63, 3.8) is 0 Å². The molecule has 0 saturated carbocycles. The Hall–Kier alpha value is -3.56. The van der Waals surface area contributed by atoms with Crippen LogP contribution in [0.1, 0.15) is 5.56 Å². The highest BCUT2D eigenvalue weighted by atomic mass is 19.4. The fourth-order valence-electron chi connectivity index (χ4n) is 2.43. The maximum absolute atomic E-state index is 13.1. The first kappa shape index (κ1) is 19.2. The van der Waals surface area contributed by atoms with Gasteiger partial charge in [-0.2, -0.15) is 23.3 Å². The van der Waals surface area contributed by atoms with E-state index in [2.05, 4.69) is 25.8 Å².